The number of aryl methyl sites for hydroxylation is 1. The lowest BCUT2D eigenvalue weighted by Crippen LogP contribution is -2.46. The van der Waals surface area contributed by atoms with E-state index in [1.807, 2.05) is 0 Å². The first kappa shape index (κ1) is 27.9. The van der Waals surface area contributed by atoms with Crippen LogP contribution in [0.5, 0.6) is 0 Å². The molecule has 3 N–H and O–H groups in total. The minimum absolute atomic E-state index is 0. The van der Waals surface area contributed by atoms with Gasteiger partial charge in [0.2, 0.25) is 10.0 Å². The maximum absolute atomic E-state index is 13.6. The van der Waals surface area contributed by atoms with E-state index >= 15 is 0 Å². The van der Waals surface area contributed by atoms with Gasteiger partial charge in [0.25, 0.3) is 0 Å². The molecule has 0 atom stereocenters. The number of guanidine groups is 1. The van der Waals surface area contributed by atoms with Gasteiger partial charge in [0.15, 0.2) is 5.96 Å². The SMILES string of the molecule is CN=C(NCCN(C(C)C)C(C)C)NCCS(=O)(=O)Nc1ccc(C)c(F)c1.I. The Morgan fingerprint density at radius 2 is 1.72 bits per heavy atom. The van der Waals surface area contributed by atoms with Gasteiger partial charge in [-0.15, -0.1) is 24.0 Å². The minimum atomic E-state index is -3.59. The summed E-state index contributed by atoms with van der Waals surface area (Å²) in [5, 5.41) is 6.18. The van der Waals surface area contributed by atoms with Crippen LogP contribution in [0.25, 0.3) is 0 Å². The molecule has 0 aliphatic rings. The summed E-state index contributed by atoms with van der Waals surface area (Å²) in [6, 6.07) is 5.14. The van der Waals surface area contributed by atoms with Gasteiger partial charge in [-0.3, -0.25) is 14.6 Å². The number of anilines is 1. The fraction of sp³-hybridized carbons (Fsp3) is 0.632. The fourth-order valence-corrected chi connectivity index (χ4v) is 3.79. The molecule has 0 saturated heterocycles. The number of rotatable bonds is 10. The molecule has 10 heteroatoms. The lowest BCUT2D eigenvalue weighted by molar-refractivity contribution is 0.178. The van der Waals surface area contributed by atoms with E-state index in [9.17, 15) is 12.8 Å². The first-order valence-electron chi connectivity index (χ1n) is 9.52. The zero-order chi connectivity index (χ0) is 21.3. The highest BCUT2D eigenvalue weighted by molar-refractivity contribution is 14.0. The average molecular weight is 543 g/mol. The molecule has 0 heterocycles. The second kappa shape index (κ2) is 13.2. The van der Waals surface area contributed by atoms with Gasteiger partial charge in [0.1, 0.15) is 5.82 Å². The third-order valence-corrected chi connectivity index (χ3v) is 5.61. The Bertz CT molecular complexity index is 749. The molecule has 0 aromatic heterocycles. The molecule has 1 aromatic rings. The topological polar surface area (TPSA) is 85.8 Å². The van der Waals surface area contributed by atoms with Crippen LogP contribution < -0.4 is 15.4 Å². The molecule has 0 amide bonds. The molecule has 1 aromatic carbocycles. The number of nitrogens with zero attached hydrogens (tertiary/aromatic N) is 2. The van der Waals surface area contributed by atoms with Crippen molar-refractivity contribution in [1.82, 2.24) is 15.5 Å². The molecule has 168 valence electrons. The van der Waals surface area contributed by atoms with Gasteiger partial charge in [-0.1, -0.05) is 6.07 Å². The number of sulfonamides is 1. The maximum Gasteiger partial charge on any atom is 0.234 e. The van der Waals surface area contributed by atoms with Crippen LogP contribution in [0.1, 0.15) is 33.3 Å². The summed E-state index contributed by atoms with van der Waals surface area (Å²) in [7, 11) is -1.96. The monoisotopic (exact) mass is 543 g/mol. The van der Waals surface area contributed by atoms with Crippen molar-refractivity contribution < 1.29 is 12.8 Å². The molecule has 0 saturated carbocycles. The number of nitrogens with one attached hydrogen (secondary N) is 3. The van der Waals surface area contributed by atoms with Crippen LogP contribution >= 0.6 is 24.0 Å². The largest absolute Gasteiger partial charge is 0.355 e. The van der Waals surface area contributed by atoms with E-state index in [1.165, 1.54) is 12.1 Å². The zero-order valence-corrected chi connectivity index (χ0v) is 21.3. The van der Waals surface area contributed by atoms with Crippen molar-refractivity contribution in [3.8, 4) is 0 Å². The van der Waals surface area contributed by atoms with Crippen LogP contribution in [0.4, 0.5) is 10.1 Å². The first-order chi connectivity index (χ1) is 13.1. The van der Waals surface area contributed by atoms with Gasteiger partial charge in [-0.05, 0) is 52.3 Å². The van der Waals surface area contributed by atoms with Crippen LogP contribution in [-0.2, 0) is 10.0 Å². The number of benzene rings is 1. The van der Waals surface area contributed by atoms with Crippen molar-refractivity contribution >= 4 is 45.6 Å². The maximum atomic E-state index is 13.6. The average Bonchev–Trinajstić information content (AvgIpc) is 2.59. The number of halogens is 2. The van der Waals surface area contributed by atoms with Crippen LogP contribution in [0, 0.1) is 12.7 Å². The molecule has 0 spiro atoms. The lowest BCUT2D eigenvalue weighted by Gasteiger charge is -2.30. The molecule has 0 fully saturated rings. The summed E-state index contributed by atoms with van der Waals surface area (Å²) in [5.41, 5.74) is 0.682. The van der Waals surface area contributed by atoms with Crippen molar-refractivity contribution in [1.29, 1.82) is 0 Å². The van der Waals surface area contributed by atoms with E-state index in [2.05, 4.69) is 52.9 Å². The summed E-state index contributed by atoms with van der Waals surface area (Å²) in [4.78, 5) is 6.47. The van der Waals surface area contributed by atoms with E-state index in [0.717, 1.165) is 6.54 Å². The molecular formula is C19H35FIN5O2S. The number of aliphatic imine (C=N–C) groups is 1. The Labute approximate surface area is 192 Å². The Morgan fingerprint density at radius 1 is 1.14 bits per heavy atom. The van der Waals surface area contributed by atoms with Gasteiger partial charge in [-0.2, -0.15) is 0 Å². The molecule has 0 aliphatic heterocycles. The Kier molecular flexibility index (Phi) is 12.7. The van der Waals surface area contributed by atoms with E-state index < -0.39 is 15.8 Å². The summed E-state index contributed by atoms with van der Waals surface area (Å²) in [6.45, 7) is 12.0. The highest BCUT2D eigenvalue weighted by Crippen LogP contribution is 2.14. The van der Waals surface area contributed by atoms with Gasteiger partial charge in [0.05, 0.1) is 11.4 Å². The highest BCUT2D eigenvalue weighted by Gasteiger charge is 2.14. The Hall–Kier alpha value is -1.14. The zero-order valence-electron chi connectivity index (χ0n) is 18.1. The van der Waals surface area contributed by atoms with Gasteiger partial charge in [-0.25, -0.2) is 12.8 Å². The minimum Gasteiger partial charge on any atom is -0.355 e. The van der Waals surface area contributed by atoms with E-state index in [0.29, 0.717) is 30.2 Å². The molecule has 0 aliphatic carbocycles. The fourth-order valence-electron chi connectivity index (χ4n) is 2.83. The van der Waals surface area contributed by atoms with Crippen LogP contribution in [0.2, 0.25) is 0 Å². The highest BCUT2D eigenvalue weighted by atomic mass is 127. The van der Waals surface area contributed by atoms with Gasteiger partial charge in [0, 0.05) is 38.8 Å². The quantitative estimate of drug-likeness (QED) is 0.240. The Balaban J connectivity index is 0.00000784. The predicted octanol–water partition coefficient (Wildman–Crippen LogP) is 2.78. The summed E-state index contributed by atoms with van der Waals surface area (Å²) < 4.78 is 40.3. The van der Waals surface area contributed by atoms with Gasteiger partial charge >= 0.3 is 0 Å². The van der Waals surface area contributed by atoms with E-state index in [1.54, 1.807) is 20.0 Å². The van der Waals surface area contributed by atoms with Crippen LogP contribution in [0.15, 0.2) is 23.2 Å². The van der Waals surface area contributed by atoms with Crippen molar-refractivity contribution in [2.45, 2.75) is 46.7 Å². The molecule has 29 heavy (non-hydrogen) atoms. The molecule has 0 bridgehead atoms. The summed E-state index contributed by atoms with van der Waals surface area (Å²) in [5.74, 6) is -0.0587. The van der Waals surface area contributed by atoms with Crippen molar-refractivity contribution in [2.24, 2.45) is 4.99 Å². The first-order valence-corrected chi connectivity index (χ1v) is 11.2. The third kappa shape index (κ3) is 10.4. The lowest BCUT2D eigenvalue weighted by atomic mass is 10.2. The second-order valence-electron chi connectivity index (χ2n) is 7.24. The smallest absolute Gasteiger partial charge is 0.234 e. The summed E-state index contributed by atoms with van der Waals surface area (Å²) >= 11 is 0. The summed E-state index contributed by atoms with van der Waals surface area (Å²) in [6.07, 6.45) is 0. The molecule has 1 rings (SSSR count). The number of hydrogen-bond acceptors (Lipinski definition) is 4. The normalized spacial score (nSPS) is 12.3. The van der Waals surface area contributed by atoms with E-state index in [-0.39, 0.29) is 42.0 Å². The van der Waals surface area contributed by atoms with Gasteiger partial charge < -0.3 is 10.6 Å². The standard InChI is InChI=1S/C19H34FN5O2S.HI/c1-14(2)25(15(3)4)11-9-22-19(21-6)23-10-12-28(26,27)24-17-8-7-16(5)18(20)13-17;/h7-8,13-15,24H,9-12H2,1-6H3,(H2,21,22,23);1H. The third-order valence-electron chi connectivity index (χ3n) is 4.32. The van der Waals surface area contributed by atoms with Crippen molar-refractivity contribution in [3.63, 3.8) is 0 Å². The molecular weight excluding hydrogens is 508 g/mol. The number of hydrogen-bond donors (Lipinski definition) is 3. The van der Waals surface area contributed by atoms with Crippen molar-refractivity contribution in [3.05, 3.63) is 29.6 Å². The second-order valence-corrected chi connectivity index (χ2v) is 9.08. The van der Waals surface area contributed by atoms with Crippen LogP contribution in [-0.4, -0.2) is 63.8 Å². The molecule has 0 radical (unpaired) electrons. The Morgan fingerprint density at radius 3 is 2.24 bits per heavy atom. The molecule has 7 nitrogen and oxygen atoms in total. The molecule has 0 unspecified atom stereocenters. The van der Waals surface area contributed by atoms with E-state index in [4.69, 9.17) is 0 Å². The van der Waals surface area contributed by atoms with Crippen molar-refractivity contribution in [2.75, 3.05) is 37.2 Å². The predicted molar refractivity (Wildman–Crippen MR) is 130 cm³/mol. The van der Waals surface area contributed by atoms with Crippen LogP contribution in [0.3, 0.4) is 0 Å².